The van der Waals surface area contributed by atoms with Gasteiger partial charge in [-0.25, -0.2) is 8.78 Å². The maximum absolute atomic E-state index is 14.0. The lowest BCUT2D eigenvalue weighted by atomic mass is 9.91. The van der Waals surface area contributed by atoms with Gasteiger partial charge in [0.25, 0.3) is 0 Å². The molecule has 0 aromatic heterocycles. The molecule has 0 spiro atoms. The topological polar surface area (TPSA) is 26.0 Å². The van der Waals surface area contributed by atoms with Gasteiger partial charge in [-0.2, -0.15) is 0 Å². The molecule has 1 nitrogen and oxygen atoms in total. The Labute approximate surface area is 120 Å². The van der Waals surface area contributed by atoms with Crippen molar-refractivity contribution in [2.45, 2.75) is 5.92 Å². The average Bonchev–Trinajstić information content (AvgIpc) is 2.35. The van der Waals surface area contributed by atoms with Gasteiger partial charge < -0.3 is 5.73 Å². The lowest BCUT2D eigenvalue weighted by molar-refractivity contribution is 0.610. The third kappa shape index (κ3) is 2.91. The molecule has 1 atom stereocenters. The standard InChI is InChI=1S/C14H10ClF2NS/c15-10-2-1-3-11(17)13(10)12(14(18)19)8-4-6-9(16)7-5-8/h1-7,12H,(H2,18,19). The van der Waals surface area contributed by atoms with E-state index in [4.69, 9.17) is 29.6 Å². The number of hydrogen-bond donors (Lipinski definition) is 1. The van der Waals surface area contributed by atoms with Gasteiger partial charge in [-0.3, -0.25) is 0 Å². The van der Waals surface area contributed by atoms with Gasteiger partial charge in [0, 0.05) is 10.6 Å². The first-order valence-electron chi connectivity index (χ1n) is 5.49. The Morgan fingerprint density at radius 3 is 2.26 bits per heavy atom. The highest BCUT2D eigenvalue weighted by atomic mass is 35.5. The van der Waals surface area contributed by atoms with E-state index in [-0.39, 0.29) is 21.4 Å². The molecule has 0 radical (unpaired) electrons. The van der Waals surface area contributed by atoms with E-state index >= 15 is 0 Å². The van der Waals surface area contributed by atoms with Crippen LogP contribution in [0, 0.1) is 11.6 Å². The molecule has 2 rings (SSSR count). The Hall–Kier alpha value is -1.52. The van der Waals surface area contributed by atoms with E-state index in [2.05, 4.69) is 0 Å². The van der Waals surface area contributed by atoms with Crippen LogP contribution in [0.3, 0.4) is 0 Å². The zero-order valence-electron chi connectivity index (χ0n) is 9.74. The summed E-state index contributed by atoms with van der Waals surface area (Å²) >= 11 is 11.0. The van der Waals surface area contributed by atoms with Crippen molar-refractivity contribution >= 4 is 28.8 Å². The summed E-state index contributed by atoms with van der Waals surface area (Å²) in [6, 6.07) is 9.93. The van der Waals surface area contributed by atoms with E-state index in [0.717, 1.165) is 0 Å². The van der Waals surface area contributed by atoms with Gasteiger partial charge in [-0.05, 0) is 29.8 Å². The third-order valence-corrected chi connectivity index (χ3v) is 3.34. The van der Waals surface area contributed by atoms with Gasteiger partial charge in [0.2, 0.25) is 0 Å². The molecule has 0 saturated heterocycles. The molecule has 0 bridgehead atoms. The molecule has 0 aliphatic carbocycles. The van der Waals surface area contributed by atoms with Gasteiger partial charge in [-0.15, -0.1) is 0 Å². The van der Waals surface area contributed by atoms with Crippen molar-refractivity contribution in [1.82, 2.24) is 0 Å². The zero-order valence-corrected chi connectivity index (χ0v) is 11.3. The summed E-state index contributed by atoms with van der Waals surface area (Å²) < 4.78 is 26.9. The van der Waals surface area contributed by atoms with Crippen molar-refractivity contribution in [3.63, 3.8) is 0 Å². The van der Waals surface area contributed by atoms with E-state index in [9.17, 15) is 8.78 Å². The molecule has 0 heterocycles. The summed E-state index contributed by atoms with van der Waals surface area (Å²) in [7, 11) is 0. The number of hydrogen-bond acceptors (Lipinski definition) is 1. The molecule has 0 aliphatic rings. The van der Waals surface area contributed by atoms with Crippen LogP contribution in [0.1, 0.15) is 17.0 Å². The first kappa shape index (κ1) is 13.9. The summed E-state index contributed by atoms with van der Waals surface area (Å²) in [5.41, 5.74) is 6.50. The molecule has 2 aromatic rings. The molecule has 2 N–H and O–H groups in total. The Morgan fingerprint density at radius 2 is 1.74 bits per heavy atom. The summed E-state index contributed by atoms with van der Waals surface area (Å²) in [5.74, 6) is -1.55. The highest BCUT2D eigenvalue weighted by Gasteiger charge is 2.23. The van der Waals surface area contributed by atoms with Crippen LogP contribution in [-0.4, -0.2) is 4.99 Å². The predicted molar refractivity (Wildman–Crippen MR) is 76.4 cm³/mol. The fourth-order valence-corrected chi connectivity index (χ4v) is 2.44. The second-order valence-corrected chi connectivity index (χ2v) is 4.90. The highest BCUT2D eigenvalue weighted by molar-refractivity contribution is 7.80. The molecule has 2 aromatic carbocycles. The first-order valence-corrected chi connectivity index (χ1v) is 6.28. The Kier molecular flexibility index (Phi) is 4.12. The van der Waals surface area contributed by atoms with Gasteiger partial charge in [0.05, 0.1) is 10.9 Å². The molecule has 0 amide bonds. The van der Waals surface area contributed by atoms with Crippen LogP contribution in [0.25, 0.3) is 0 Å². The maximum atomic E-state index is 14.0. The fourth-order valence-electron chi connectivity index (χ4n) is 1.91. The van der Waals surface area contributed by atoms with Crippen LogP contribution >= 0.6 is 23.8 Å². The van der Waals surface area contributed by atoms with Crippen molar-refractivity contribution in [2.24, 2.45) is 5.73 Å². The van der Waals surface area contributed by atoms with Crippen molar-refractivity contribution < 1.29 is 8.78 Å². The number of thiocarbonyl (C=S) groups is 1. The number of halogens is 3. The Balaban J connectivity index is 2.58. The molecular weight excluding hydrogens is 288 g/mol. The molecule has 0 aliphatic heterocycles. The van der Waals surface area contributed by atoms with Crippen LogP contribution in [0.15, 0.2) is 42.5 Å². The van der Waals surface area contributed by atoms with E-state index in [0.29, 0.717) is 5.56 Å². The predicted octanol–water partition coefficient (Wildman–Crippen LogP) is 4.04. The van der Waals surface area contributed by atoms with E-state index in [1.165, 1.54) is 36.4 Å². The van der Waals surface area contributed by atoms with Crippen LogP contribution in [0.5, 0.6) is 0 Å². The smallest absolute Gasteiger partial charge is 0.128 e. The lowest BCUT2D eigenvalue weighted by Gasteiger charge is -2.18. The minimum atomic E-state index is -0.677. The summed E-state index contributed by atoms with van der Waals surface area (Å²) in [4.78, 5) is 0.0820. The van der Waals surface area contributed by atoms with Gasteiger partial charge >= 0.3 is 0 Å². The Bertz CT molecular complexity index is 593. The van der Waals surface area contributed by atoms with Crippen molar-refractivity contribution in [3.05, 3.63) is 70.2 Å². The largest absolute Gasteiger partial charge is 0.393 e. The van der Waals surface area contributed by atoms with Crippen LogP contribution < -0.4 is 5.73 Å². The fraction of sp³-hybridized carbons (Fsp3) is 0.0714. The minimum Gasteiger partial charge on any atom is -0.393 e. The number of nitrogens with two attached hydrogens (primary N) is 1. The first-order chi connectivity index (χ1) is 9.00. The molecular formula is C14H10ClF2NS. The molecule has 0 saturated carbocycles. The van der Waals surface area contributed by atoms with E-state index < -0.39 is 11.7 Å². The van der Waals surface area contributed by atoms with Crippen molar-refractivity contribution in [3.8, 4) is 0 Å². The highest BCUT2D eigenvalue weighted by Crippen LogP contribution is 2.32. The Morgan fingerprint density at radius 1 is 1.11 bits per heavy atom. The summed E-state index contributed by atoms with van der Waals surface area (Å²) in [5, 5.41) is 0.238. The van der Waals surface area contributed by atoms with Gasteiger partial charge in [-0.1, -0.05) is 42.0 Å². The van der Waals surface area contributed by atoms with Gasteiger partial charge in [0.15, 0.2) is 0 Å². The third-order valence-electron chi connectivity index (χ3n) is 2.78. The quantitative estimate of drug-likeness (QED) is 0.866. The molecule has 19 heavy (non-hydrogen) atoms. The average molecular weight is 298 g/mol. The van der Waals surface area contributed by atoms with Crippen molar-refractivity contribution in [2.75, 3.05) is 0 Å². The van der Waals surface area contributed by atoms with Crippen LogP contribution in [0.2, 0.25) is 5.02 Å². The summed E-state index contributed by atoms with van der Waals surface area (Å²) in [6.07, 6.45) is 0. The van der Waals surface area contributed by atoms with Crippen LogP contribution in [-0.2, 0) is 0 Å². The molecule has 0 fully saturated rings. The second-order valence-electron chi connectivity index (χ2n) is 4.02. The SMILES string of the molecule is NC(=S)C(c1ccc(F)cc1)c1c(F)cccc1Cl. The van der Waals surface area contributed by atoms with Crippen molar-refractivity contribution in [1.29, 1.82) is 0 Å². The monoisotopic (exact) mass is 297 g/mol. The van der Waals surface area contributed by atoms with Gasteiger partial charge in [0.1, 0.15) is 11.6 Å². The number of rotatable bonds is 3. The molecule has 1 unspecified atom stereocenters. The van der Waals surface area contributed by atoms with E-state index in [1.54, 1.807) is 6.07 Å². The zero-order chi connectivity index (χ0) is 14.0. The molecule has 98 valence electrons. The maximum Gasteiger partial charge on any atom is 0.128 e. The second kappa shape index (κ2) is 5.63. The normalized spacial score (nSPS) is 12.2. The number of benzene rings is 2. The lowest BCUT2D eigenvalue weighted by Crippen LogP contribution is -2.21. The minimum absolute atomic E-state index is 0.0820. The summed E-state index contributed by atoms with van der Waals surface area (Å²) in [6.45, 7) is 0. The van der Waals surface area contributed by atoms with Crippen LogP contribution in [0.4, 0.5) is 8.78 Å². The van der Waals surface area contributed by atoms with E-state index in [1.807, 2.05) is 0 Å². The molecule has 5 heteroatoms.